The molecule has 1 aliphatic heterocycles. The predicted molar refractivity (Wildman–Crippen MR) is 100.0 cm³/mol. The molecule has 1 aromatic rings. The lowest BCUT2D eigenvalue weighted by Gasteiger charge is -2.39. The Kier molecular flexibility index (Phi) is 6.10. The van der Waals surface area contributed by atoms with Crippen LogP contribution in [0.4, 0.5) is 0 Å². The fourth-order valence-electron chi connectivity index (χ4n) is 3.37. The average molecular weight is 388 g/mol. The number of sulfonamides is 1. The molecule has 7 nitrogen and oxygen atoms in total. The van der Waals surface area contributed by atoms with Crippen molar-refractivity contribution < 1.29 is 8.42 Å². The molecule has 0 aromatic carbocycles. The van der Waals surface area contributed by atoms with Gasteiger partial charge in [-0.2, -0.15) is 4.31 Å². The van der Waals surface area contributed by atoms with Crippen molar-refractivity contribution >= 4 is 21.4 Å². The van der Waals surface area contributed by atoms with Crippen LogP contribution in [-0.2, 0) is 16.6 Å². The molecule has 0 unspecified atom stereocenters. The van der Waals surface area contributed by atoms with Crippen molar-refractivity contribution in [1.82, 2.24) is 19.4 Å². The first-order valence-corrected chi connectivity index (χ1v) is 11.6. The quantitative estimate of drug-likeness (QED) is 0.724. The van der Waals surface area contributed by atoms with E-state index in [9.17, 15) is 8.42 Å². The van der Waals surface area contributed by atoms with Crippen molar-refractivity contribution in [3.05, 3.63) is 10.0 Å². The van der Waals surface area contributed by atoms with Gasteiger partial charge in [0.2, 0.25) is 10.0 Å². The maximum Gasteiger partial charge on any atom is 0.215 e. The van der Waals surface area contributed by atoms with Crippen molar-refractivity contribution in [1.29, 1.82) is 0 Å². The number of rotatable bonds is 8. The molecule has 0 amide bonds. The van der Waals surface area contributed by atoms with Crippen LogP contribution < -0.4 is 5.73 Å². The third-order valence-corrected chi connectivity index (χ3v) is 8.03. The van der Waals surface area contributed by atoms with Crippen LogP contribution >= 0.6 is 11.3 Å². The van der Waals surface area contributed by atoms with Crippen molar-refractivity contribution in [2.75, 3.05) is 25.4 Å². The lowest BCUT2D eigenvalue weighted by molar-refractivity contribution is 0.130. The smallest absolute Gasteiger partial charge is 0.215 e. The summed E-state index contributed by atoms with van der Waals surface area (Å²) in [4.78, 5) is 2.40. The maximum absolute atomic E-state index is 12.8. The number of nitrogens with two attached hydrogens (primary N) is 1. The monoisotopic (exact) mass is 387 g/mol. The SMILES string of the molecule is CC(C)N1CCC(N(Cc2nnc(C3CC3)s2)S(=O)(=O)CCN)CC1. The van der Waals surface area contributed by atoms with Gasteiger partial charge in [0.15, 0.2) is 0 Å². The highest BCUT2D eigenvalue weighted by atomic mass is 32.2. The Labute approximate surface area is 154 Å². The Morgan fingerprint density at radius 3 is 2.48 bits per heavy atom. The van der Waals surface area contributed by atoms with Gasteiger partial charge in [-0.15, -0.1) is 10.2 Å². The van der Waals surface area contributed by atoms with Gasteiger partial charge in [0, 0.05) is 24.5 Å². The molecule has 2 aliphatic rings. The summed E-state index contributed by atoms with van der Waals surface area (Å²) in [5, 5.41) is 10.4. The van der Waals surface area contributed by atoms with Crippen molar-refractivity contribution in [2.45, 2.75) is 64.1 Å². The number of likely N-dealkylation sites (tertiary alicyclic amines) is 1. The highest BCUT2D eigenvalue weighted by molar-refractivity contribution is 7.89. The number of hydrogen-bond acceptors (Lipinski definition) is 7. The average Bonchev–Trinajstić information content (AvgIpc) is 3.31. The Hall–Kier alpha value is -0.610. The van der Waals surface area contributed by atoms with Crippen molar-refractivity contribution in [2.24, 2.45) is 5.73 Å². The molecule has 0 atom stereocenters. The molecule has 2 heterocycles. The zero-order chi connectivity index (χ0) is 18.0. The van der Waals surface area contributed by atoms with E-state index >= 15 is 0 Å². The van der Waals surface area contributed by atoms with Crippen LogP contribution in [0.1, 0.15) is 55.5 Å². The van der Waals surface area contributed by atoms with E-state index in [0.717, 1.165) is 35.9 Å². The van der Waals surface area contributed by atoms with Gasteiger partial charge in [0.1, 0.15) is 10.0 Å². The second-order valence-electron chi connectivity index (χ2n) is 7.32. The first-order chi connectivity index (χ1) is 11.9. The predicted octanol–water partition coefficient (Wildman–Crippen LogP) is 1.38. The zero-order valence-electron chi connectivity index (χ0n) is 15.1. The van der Waals surface area contributed by atoms with Gasteiger partial charge in [0.25, 0.3) is 0 Å². The van der Waals surface area contributed by atoms with Crippen LogP contribution in [0, 0.1) is 0 Å². The second kappa shape index (κ2) is 7.96. The fourth-order valence-corrected chi connectivity index (χ4v) is 5.98. The van der Waals surface area contributed by atoms with E-state index in [0.29, 0.717) is 18.5 Å². The van der Waals surface area contributed by atoms with E-state index in [2.05, 4.69) is 28.9 Å². The largest absolute Gasteiger partial charge is 0.329 e. The summed E-state index contributed by atoms with van der Waals surface area (Å²) >= 11 is 1.57. The highest BCUT2D eigenvalue weighted by Gasteiger charge is 2.34. The third kappa shape index (κ3) is 4.77. The van der Waals surface area contributed by atoms with E-state index in [1.165, 1.54) is 12.8 Å². The minimum atomic E-state index is -3.37. The molecule has 0 spiro atoms. The zero-order valence-corrected chi connectivity index (χ0v) is 16.7. The molecule has 25 heavy (non-hydrogen) atoms. The molecule has 142 valence electrons. The van der Waals surface area contributed by atoms with Crippen LogP contribution in [0.2, 0.25) is 0 Å². The number of nitrogens with zero attached hydrogens (tertiary/aromatic N) is 4. The fraction of sp³-hybridized carbons (Fsp3) is 0.875. The van der Waals surface area contributed by atoms with Crippen molar-refractivity contribution in [3.8, 4) is 0 Å². The molecule has 2 fully saturated rings. The van der Waals surface area contributed by atoms with E-state index in [-0.39, 0.29) is 18.3 Å². The highest BCUT2D eigenvalue weighted by Crippen LogP contribution is 2.41. The van der Waals surface area contributed by atoms with E-state index in [4.69, 9.17) is 5.73 Å². The van der Waals surface area contributed by atoms with Crippen LogP contribution in [0.15, 0.2) is 0 Å². The minimum Gasteiger partial charge on any atom is -0.329 e. The molecule has 0 bridgehead atoms. The standard InChI is InChI=1S/C16H29N5O2S2/c1-12(2)20-8-5-14(6-9-20)21(25(22,23)10-7-17)11-15-18-19-16(24-15)13-3-4-13/h12-14H,3-11,17H2,1-2H3. The topological polar surface area (TPSA) is 92.4 Å². The molecule has 1 aliphatic carbocycles. The van der Waals surface area contributed by atoms with E-state index < -0.39 is 10.0 Å². The van der Waals surface area contributed by atoms with Crippen LogP contribution in [0.5, 0.6) is 0 Å². The second-order valence-corrected chi connectivity index (χ2v) is 10.5. The van der Waals surface area contributed by atoms with Gasteiger partial charge in [0.05, 0.1) is 12.3 Å². The van der Waals surface area contributed by atoms with Gasteiger partial charge in [-0.1, -0.05) is 11.3 Å². The molecule has 1 saturated heterocycles. The third-order valence-electron chi connectivity index (χ3n) is 5.07. The molecular formula is C16H29N5O2S2. The molecule has 1 aromatic heterocycles. The molecule has 2 N–H and O–H groups in total. The van der Waals surface area contributed by atoms with E-state index in [1.807, 2.05) is 0 Å². The molecular weight excluding hydrogens is 358 g/mol. The van der Waals surface area contributed by atoms with Crippen LogP contribution in [-0.4, -0.2) is 65.3 Å². The summed E-state index contributed by atoms with van der Waals surface area (Å²) in [6.45, 7) is 6.71. The van der Waals surface area contributed by atoms with Gasteiger partial charge >= 0.3 is 0 Å². The summed E-state index contributed by atoms with van der Waals surface area (Å²) in [7, 11) is -3.37. The Bertz CT molecular complexity index is 664. The summed E-state index contributed by atoms with van der Waals surface area (Å²) in [5.41, 5.74) is 5.55. The summed E-state index contributed by atoms with van der Waals surface area (Å²) in [6, 6.07) is 0.527. The Morgan fingerprint density at radius 1 is 1.24 bits per heavy atom. The van der Waals surface area contributed by atoms with Crippen molar-refractivity contribution in [3.63, 3.8) is 0 Å². The Morgan fingerprint density at radius 2 is 1.92 bits per heavy atom. The normalized spacial score (nSPS) is 20.7. The molecule has 3 rings (SSSR count). The lowest BCUT2D eigenvalue weighted by Crippen LogP contribution is -2.49. The molecule has 0 radical (unpaired) electrons. The number of hydrogen-bond donors (Lipinski definition) is 1. The first kappa shape index (κ1) is 19.2. The van der Waals surface area contributed by atoms with Gasteiger partial charge in [-0.3, -0.25) is 0 Å². The lowest BCUT2D eigenvalue weighted by atomic mass is 10.0. The number of piperidine rings is 1. The number of aromatic nitrogens is 2. The molecule has 1 saturated carbocycles. The van der Waals surface area contributed by atoms with Crippen LogP contribution in [0.25, 0.3) is 0 Å². The summed E-state index contributed by atoms with van der Waals surface area (Å²) in [6.07, 6.45) is 4.07. The minimum absolute atomic E-state index is 0.00825. The summed E-state index contributed by atoms with van der Waals surface area (Å²) < 4.78 is 27.2. The first-order valence-electron chi connectivity index (χ1n) is 9.16. The van der Waals surface area contributed by atoms with Gasteiger partial charge in [-0.05, 0) is 52.6 Å². The summed E-state index contributed by atoms with van der Waals surface area (Å²) in [5.74, 6) is 0.542. The van der Waals surface area contributed by atoms with Gasteiger partial charge in [-0.25, -0.2) is 8.42 Å². The van der Waals surface area contributed by atoms with Crippen LogP contribution in [0.3, 0.4) is 0 Å². The Balaban J connectivity index is 1.73. The maximum atomic E-state index is 12.8. The molecule has 9 heteroatoms. The van der Waals surface area contributed by atoms with Gasteiger partial charge < -0.3 is 10.6 Å². The van der Waals surface area contributed by atoms with E-state index in [1.54, 1.807) is 15.6 Å².